The summed E-state index contributed by atoms with van der Waals surface area (Å²) in [6, 6.07) is 8.02. The Balaban J connectivity index is 1.63. The van der Waals surface area contributed by atoms with E-state index in [1.165, 1.54) is 5.56 Å². The topological polar surface area (TPSA) is 38.1 Å². The Labute approximate surface area is 149 Å². The van der Waals surface area contributed by atoms with Crippen molar-refractivity contribution < 1.29 is 18.0 Å². The van der Waals surface area contributed by atoms with Crippen LogP contribution in [-0.2, 0) is 13.3 Å². The first-order valence-corrected chi connectivity index (χ1v) is 8.88. The van der Waals surface area contributed by atoms with E-state index >= 15 is 0 Å². The number of halogens is 3. The summed E-state index contributed by atoms with van der Waals surface area (Å²) in [7, 11) is 0. The molecule has 0 radical (unpaired) electrons. The number of carbonyl (C=O) groups is 1. The molecule has 1 amide bonds. The maximum Gasteiger partial charge on any atom is 0.275 e. The fourth-order valence-electron chi connectivity index (χ4n) is 3.37. The van der Waals surface area contributed by atoms with E-state index in [2.05, 4.69) is 11.2 Å². The molecule has 2 aliphatic rings. The number of alkyl halides is 3. The summed E-state index contributed by atoms with van der Waals surface area (Å²) in [6.45, 7) is -0.664. The molecule has 2 aromatic rings. The molecule has 138 valence electrons. The molecule has 0 unspecified atom stereocenters. The molecule has 0 N–H and O–H groups in total. The number of hydrogen-bond acceptors (Lipinski definition) is 2. The minimum absolute atomic E-state index is 0.0378. The molecule has 0 bridgehead atoms. The van der Waals surface area contributed by atoms with Crippen LogP contribution in [0.3, 0.4) is 0 Å². The summed E-state index contributed by atoms with van der Waals surface area (Å²) in [5, 5.41) is 3.76. The molecule has 0 aliphatic heterocycles. The lowest BCUT2D eigenvalue weighted by Gasteiger charge is -2.23. The number of hydrogen-bond donors (Lipinski definition) is 0. The molecule has 4 rings (SSSR count). The van der Waals surface area contributed by atoms with E-state index in [9.17, 15) is 18.0 Å². The molecule has 1 heterocycles. The van der Waals surface area contributed by atoms with Crippen molar-refractivity contribution in [3.8, 4) is 0 Å². The molecular weight excluding hydrogens is 343 g/mol. The van der Waals surface area contributed by atoms with Crippen LogP contribution in [-0.4, -0.2) is 26.6 Å². The van der Waals surface area contributed by atoms with Gasteiger partial charge in [-0.25, -0.2) is 17.9 Å². The van der Waals surface area contributed by atoms with Crippen molar-refractivity contribution in [3.63, 3.8) is 0 Å². The third kappa shape index (κ3) is 3.34. The average molecular weight is 363 g/mol. The summed E-state index contributed by atoms with van der Waals surface area (Å²) in [5.74, 6) is -0.00896. The molecule has 0 spiro atoms. The first-order valence-electron chi connectivity index (χ1n) is 8.88. The first kappa shape index (κ1) is 17.1. The van der Waals surface area contributed by atoms with Crippen LogP contribution in [0.25, 0.3) is 0 Å². The highest BCUT2D eigenvalue weighted by atomic mass is 19.3. The van der Waals surface area contributed by atoms with E-state index in [0.29, 0.717) is 12.5 Å². The Bertz CT molecular complexity index is 812. The number of aromatic nitrogens is 2. The molecule has 1 aromatic carbocycles. The minimum Gasteiger partial charge on any atom is -0.330 e. The van der Waals surface area contributed by atoms with Crippen LogP contribution in [0.5, 0.6) is 0 Å². The van der Waals surface area contributed by atoms with Gasteiger partial charge in [-0.2, -0.15) is 5.10 Å². The number of amides is 1. The van der Waals surface area contributed by atoms with Crippen LogP contribution in [0, 0.1) is 0 Å². The lowest BCUT2D eigenvalue weighted by molar-refractivity contribution is 0.0711. The number of benzene rings is 1. The molecule has 2 fully saturated rings. The first-order chi connectivity index (χ1) is 12.6. The number of rotatable bonds is 7. The van der Waals surface area contributed by atoms with Crippen LogP contribution in [0.1, 0.15) is 65.2 Å². The number of carbonyl (C=O) groups excluding carboxylic acids is 1. The van der Waals surface area contributed by atoms with E-state index in [-0.39, 0.29) is 11.7 Å². The smallest absolute Gasteiger partial charge is 0.275 e. The normalized spacial score (nSPS) is 16.9. The maximum absolute atomic E-state index is 13.3. The standard InChI is InChI=1S/C19H20F3N3O/c20-11-24-10-16(18(21)22)17(23-24)19(26)25(14-7-8-14)9-13-3-1-2-4-15(13)12-5-6-12/h1-4,10,12,14,18H,5-9,11H2. The van der Waals surface area contributed by atoms with Crippen molar-refractivity contribution >= 4 is 5.91 Å². The molecule has 0 saturated heterocycles. The second kappa shape index (κ2) is 6.78. The van der Waals surface area contributed by atoms with Crippen molar-refractivity contribution in [2.45, 2.75) is 57.4 Å². The zero-order valence-corrected chi connectivity index (χ0v) is 14.2. The molecule has 1 aromatic heterocycles. The van der Waals surface area contributed by atoms with Gasteiger partial charge < -0.3 is 4.90 Å². The summed E-state index contributed by atoms with van der Waals surface area (Å²) < 4.78 is 40.1. The Morgan fingerprint density at radius 3 is 2.58 bits per heavy atom. The maximum atomic E-state index is 13.3. The molecule has 0 atom stereocenters. The summed E-state index contributed by atoms with van der Waals surface area (Å²) in [4.78, 5) is 14.6. The van der Waals surface area contributed by atoms with Gasteiger partial charge >= 0.3 is 0 Å². The van der Waals surface area contributed by atoms with E-state index in [1.54, 1.807) is 4.90 Å². The number of nitrogens with zero attached hydrogens (tertiary/aromatic N) is 3. The Hall–Kier alpha value is -2.31. The van der Waals surface area contributed by atoms with Gasteiger partial charge in [-0.3, -0.25) is 4.79 Å². The van der Waals surface area contributed by atoms with Crippen molar-refractivity contribution in [1.29, 1.82) is 0 Å². The van der Waals surface area contributed by atoms with Gasteiger partial charge in [-0.1, -0.05) is 24.3 Å². The average Bonchev–Trinajstić information content (AvgIpc) is 3.56. The Kier molecular flexibility index (Phi) is 4.46. The Morgan fingerprint density at radius 2 is 1.96 bits per heavy atom. The van der Waals surface area contributed by atoms with Crippen LogP contribution < -0.4 is 0 Å². The van der Waals surface area contributed by atoms with Gasteiger partial charge in [0.25, 0.3) is 12.3 Å². The van der Waals surface area contributed by atoms with E-state index in [4.69, 9.17) is 0 Å². The van der Waals surface area contributed by atoms with Gasteiger partial charge in [0.2, 0.25) is 0 Å². The predicted octanol–water partition coefficient (Wildman–Crippen LogP) is 4.43. The van der Waals surface area contributed by atoms with Gasteiger partial charge in [-0.15, -0.1) is 0 Å². The molecular formula is C19H20F3N3O. The highest BCUT2D eigenvalue weighted by Gasteiger charge is 2.37. The zero-order valence-electron chi connectivity index (χ0n) is 14.2. The second-order valence-electron chi connectivity index (χ2n) is 7.03. The molecule has 26 heavy (non-hydrogen) atoms. The SMILES string of the molecule is O=C(c1nn(CF)cc1C(F)F)N(Cc1ccccc1C1CC1)C1CC1. The lowest BCUT2D eigenvalue weighted by atomic mass is 10.0. The van der Waals surface area contributed by atoms with Crippen LogP contribution in [0.15, 0.2) is 30.5 Å². The Morgan fingerprint density at radius 1 is 1.23 bits per heavy atom. The second-order valence-corrected chi connectivity index (χ2v) is 7.03. The summed E-state index contributed by atoms with van der Waals surface area (Å²) in [5.41, 5.74) is 1.44. The van der Waals surface area contributed by atoms with E-state index in [0.717, 1.165) is 42.1 Å². The van der Waals surface area contributed by atoms with Gasteiger partial charge in [0.15, 0.2) is 12.5 Å². The molecule has 7 heteroatoms. The van der Waals surface area contributed by atoms with Crippen LogP contribution in [0.2, 0.25) is 0 Å². The van der Waals surface area contributed by atoms with Crippen molar-refractivity contribution in [3.05, 3.63) is 52.8 Å². The van der Waals surface area contributed by atoms with Crippen molar-refractivity contribution in [2.75, 3.05) is 0 Å². The van der Waals surface area contributed by atoms with E-state index in [1.807, 2.05) is 18.2 Å². The van der Waals surface area contributed by atoms with Crippen molar-refractivity contribution in [2.24, 2.45) is 0 Å². The summed E-state index contributed by atoms with van der Waals surface area (Å²) in [6.07, 6.45) is 2.04. The fraction of sp³-hybridized carbons (Fsp3) is 0.474. The highest BCUT2D eigenvalue weighted by Crippen LogP contribution is 2.42. The third-order valence-corrected chi connectivity index (χ3v) is 5.01. The van der Waals surface area contributed by atoms with Gasteiger partial charge in [-0.05, 0) is 42.7 Å². The van der Waals surface area contributed by atoms with Crippen LogP contribution >= 0.6 is 0 Å². The minimum atomic E-state index is -2.87. The summed E-state index contributed by atoms with van der Waals surface area (Å²) >= 11 is 0. The monoisotopic (exact) mass is 363 g/mol. The molecule has 2 saturated carbocycles. The largest absolute Gasteiger partial charge is 0.330 e. The van der Waals surface area contributed by atoms with E-state index < -0.39 is 24.7 Å². The van der Waals surface area contributed by atoms with Gasteiger partial charge in [0.1, 0.15) is 0 Å². The lowest BCUT2D eigenvalue weighted by Crippen LogP contribution is -2.34. The predicted molar refractivity (Wildman–Crippen MR) is 89.6 cm³/mol. The molecule has 4 nitrogen and oxygen atoms in total. The third-order valence-electron chi connectivity index (χ3n) is 5.01. The van der Waals surface area contributed by atoms with Gasteiger partial charge in [0.05, 0.1) is 5.56 Å². The van der Waals surface area contributed by atoms with Gasteiger partial charge in [0, 0.05) is 18.8 Å². The van der Waals surface area contributed by atoms with Crippen LogP contribution in [0.4, 0.5) is 13.2 Å². The fourth-order valence-corrected chi connectivity index (χ4v) is 3.37. The molecule has 2 aliphatic carbocycles. The highest BCUT2D eigenvalue weighted by molar-refractivity contribution is 5.94. The van der Waals surface area contributed by atoms with Crippen molar-refractivity contribution in [1.82, 2.24) is 14.7 Å². The quantitative estimate of drug-likeness (QED) is 0.730. The zero-order chi connectivity index (χ0) is 18.3.